The first-order chi connectivity index (χ1) is 15.2. The van der Waals surface area contributed by atoms with Crippen molar-refractivity contribution in [2.75, 3.05) is 13.7 Å². The second-order valence-corrected chi connectivity index (χ2v) is 8.82. The van der Waals surface area contributed by atoms with Crippen LogP contribution in [-0.2, 0) is 32.6 Å². The molecule has 32 heavy (non-hydrogen) atoms. The number of imide groups is 1. The molecular weight excluding hydrogens is 436 g/mol. The maximum atomic E-state index is 12.6. The van der Waals surface area contributed by atoms with Gasteiger partial charge in [-0.05, 0) is 41.8 Å². The van der Waals surface area contributed by atoms with E-state index in [0.717, 1.165) is 16.2 Å². The van der Waals surface area contributed by atoms with Crippen molar-refractivity contribution in [3.05, 3.63) is 59.7 Å². The lowest BCUT2D eigenvalue weighted by atomic mass is 10.1. The minimum absolute atomic E-state index is 0.0263. The van der Waals surface area contributed by atoms with Gasteiger partial charge in [-0.3, -0.25) is 14.5 Å². The molecule has 0 radical (unpaired) electrons. The summed E-state index contributed by atoms with van der Waals surface area (Å²) in [6, 6.07) is 11.6. The zero-order chi connectivity index (χ0) is 23.3. The van der Waals surface area contributed by atoms with Gasteiger partial charge in [-0.1, -0.05) is 24.3 Å². The molecule has 1 saturated heterocycles. The molecule has 0 aliphatic carbocycles. The molecule has 0 unspecified atom stereocenters. The van der Waals surface area contributed by atoms with Crippen LogP contribution >= 0.6 is 0 Å². The molecule has 0 bridgehead atoms. The molecule has 11 heteroatoms. The molecule has 0 aromatic heterocycles. The van der Waals surface area contributed by atoms with Gasteiger partial charge in [0.15, 0.2) is 0 Å². The fourth-order valence-corrected chi connectivity index (χ4v) is 3.73. The van der Waals surface area contributed by atoms with Gasteiger partial charge in [-0.2, -0.15) is 0 Å². The third-order valence-electron chi connectivity index (χ3n) is 5.02. The van der Waals surface area contributed by atoms with Crippen LogP contribution in [0.1, 0.15) is 17.5 Å². The Balaban J connectivity index is 1.48. The molecule has 1 aliphatic heterocycles. The Morgan fingerprint density at radius 2 is 1.72 bits per heavy atom. The van der Waals surface area contributed by atoms with Gasteiger partial charge in [0.1, 0.15) is 11.8 Å². The third-order valence-corrected chi connectivity index (χ3v) is 5.95. The molecule has 1 aliphatic rings. The van der Waals surface area contributed by atoms with Gasteiger partial charge >= 0.3 is 6.03 Å². The fourth-order valence-electron chi connectivity index (χ4n) is 3.22. The topological polar surface area (TPSA) is 148 Å². The number of ether oxygens (including phenoxy) is 1. The average molecular weight is 461 g/mol. The molecule has 1 atom stereocenters. The van der Waals surface area contributed by atoms with Gasteiger partial charge in [-0.15, -0.1) is 0 Å². The fraction of sp³-hybridized carbons (Fsp3) is 0.286. The molecule has 0 saturated carbocycles. The van der Waals surface area contributed by atoms with E-state index in [4.69, 9.17) is 9.88 Å². The number of hydrogen-bond donors (Lipinski definition) is 3. The Labute approximate surface area is 185 Å². The van der Waals surface area contributed by atoms with Crippen molar-refractivity contribution in [3.8, 4) is 5.75 Å². The first kappa shape index (κ1) is 23.2. The second-order valence-electron chi connectivity index (χ2n) is 7.26. The van der Waals surface area contributed by atoms with Crippen molar-refractivity contribution in [3.63, 3.8) is 0 Å². The van der Waals surface area contributed by atoms with Gasteiger partial charge in [0.2, 0.25) is 15.9 Å². The zero-order valence-electron chi connectivity index (χ0n) is 17.4. The number of nitrogens with zero attached hydrogens (tertiary/aromatic N) is 1. The van der Waals surface area contributed by atoms with E-state index in [1.165, 1.54) is 24.3 Å². The minimum atomic E-state index is -3.78. The molecule has 10 nitrogen and oxygen atoms in total. The highest BCUT2D eigenvalue weighted by molar-refractivity contribution is 7.89. The molecule has 2 aromatic rings. The number of nitrogens with two attached hydrogens (primary N) is 1. The number of methoxy groups -OCH3 is 1. The number of sulfonamides is 1. The van der Waals surface area contributed by atoms with E-state index in [1.807, 2.05) is 12.1 Å². The monoisotopic (exact) mass is 460 g/mol. The van der Waals surface area contributed by atoms with E-state index >= 15 is 0 Å². The number of nitrogens with one attached hydrogen (secondary N) is 2. The SMILES string of the molecule is COc1ccc(CCN2C(=O)N[C@H](CC(=O)NCc3ccc(S(N)(=O)=O)cc3)C2=O)cc1. The summed E-state index contributed by atoms with van der Waals surface area (Å²) in [5.74, 6) is -0.150. The summed E-state index contributed by atoms with van der Waals surface area (Å²) in [6.45, 7) is 0.339. The Morgan fingerprint density at radius 3 is 2.31 bits per heavy atom. The highest BCUT2D eigenvalue weighted by Gasteiger charge is 2.38. The smallest absolute Gasteiger partial charge is 0.324 e. The summed E-state index contributed by atoms with van der Waals surface area (Å²) in [5.41, 5.74) is 1.61. The van der Waals surface area contributed by atoms with Crippen molar-refractivity contribution in [2.24, 2.45) is 5.14 Å². The molecule has 0 spiro atoms. The lowest BCUT2D eigenvalue weighted by Gasteiger charge is -2.13. The van der Waals surface area contributed by atoms with Gasteiger partial charge in [-0.25, -0.2) is 18.4 Å². The van der Waals surface area contributed by atoms with Gasteiger partial charge in [0.25, 0.3) is 5.91 Å². The predicted molar refractivity (Wildman–Crippen MR) is 115 cm³/mol. The molecule has 3 rings (SSSR count). The van der Waals surface area contributed by atoms with Crippen molar-refractivity contribution in [1.82, 2.24) is 15.5 Å². The maximum absolute atomic E-state index is 12.6. The van der Waals surface area contributed by atoms with Gasteiger partial charge in [0, 0.05) is 13.1 Å². The summed E-state index contributed by atoms with van der Waals surface area (Å²) in [7, 11) is -2.21. The zero-order valence-corrected chi connectivity index (χ0v) is 18.2. The predicted octanol–water partition coefficient (Wildman–Crippen LogP) is 0.512. The Bertz CT molecular complexity index is 1100. The highest BCUT2D eigenvalue weighted by atomic mass is 32.2. The number of carbonyl (C=O) groups excluding carboxylic acids is 3. The molecular formula is C21H24N4O6S. The summed E-state index contributed by atoms with van der Waals surface area (Å²) < 4.78 is 27.6. The summed E-state index contributed by atoms with van der Waals surface area (Å²) >= 11 is 0. The lowest BCUT2D eigenvalue weighted by Crippen LogP contribution is -2.36. The van der Waals surface area contributed by atoms with E-state index in [9.17, 15) is 22.8 Å². The Morgan fingerprint density at radius 1 is 1.09 bits per heavy atom. The van der Waals surface area contributed by atoms with Crippen LogP contribution in [0, 0.1) is 0 Å². The third kappa shape index (κ3) is 5.83. The van der Waals surface area contributed by atoms with Crippen LogP contribution < -0.4 is 20.5 Å². The van der Waals surface area contributed by atoms with E-state index in [1.54, 1.807) is 19.2 Å². The Kier molecular flexibility index (Phi) is 7.11. The van der Waals surface area contributed by atoms with E-state index < -0.39 is 33.9 Å². The number of primary sulfonamides is 1. The summed E-state index contributed by atoms with van der Waals surface area (Å²) in [5, 5.41) is 10.2. The number of hydrogen-bond acceptors (Lipinski definition) is 6. The number of amides is 4. The molecule has 1 fully saturated rings. The molecule has 4 amide bonds. The average Bonchev–Trinajstić information content (AvgIpc) is 3.03. The van der Waals surface area contributed by atoms with Crippen LogP contribution in [0.3, 0.4) is 0 Å². The normalized spacial score (nSPS) is 16.1. The van der Waals surface area contributed by atoms with Crippen LogP contribution in [0.5, 0.6) is 5.75 Å². The first-order valence-electron chi connectivity index (χ1n) is 9.80. The quantitative estimate of drug-likeness (QED) is 0.465. The van der Waals surface area contributed by atoms with Crippen LogP contribution in [0.2, 0.25) is 0 Å². The number of rotatable bonds is 9. The number of benzene rings is 2. The molecule has 1 heterocycles. The number of urea groups is 1. The molecule has 4 N–H and O–H groups in total. The first-order valence-corrected chi connectivity index (χ1v) is 11.4. The van der Waals surface area contributed by atoms with Gasteiger partial charge in [0.05, 0.1) is 18.4 Å². The van der Waals surface area contributed by atoms with E-state index in [-0.39, 0.29) is 24.4 Å². The minimum Gasteiger partial charge on any atom is -0.497 e. The standard InChI is InChI=1S/C21H24N4O6S/c1-31-16-6-2-14(3-7-16)10-11-25-20(27)18(24-21(25)28)12-19(26)23-13-15-4-8-17(9-5-15)32(22,29)30/h2-9,18H,10-13H2,1H3,(H,23,26)(H,24,28)(H2,22,29,30)/t18-/m1/s1. The highest BCUT2D eigenvalue weighted by Crippen LogP contribution is 2.15. The van der Waals surface area contributed by atoms with Crippen molar-refractivity contribution in [1.29, 1.82) is 0 Å². The van der Waals surface area contributed by atoms with Crippen LogP contribution in [0.4, 0.5) is 4.79 Å². The summed E-state index contributed by atoms with van der Waals surface area (Å²) in [6.07, 6.45) is 0.287. The van der Waals surface area contributed by atoms with E-state index in [2.05, 4.69) is 10.6 Å². The van der Waals surface area contributed by atoms with Crippen LogP contribution in [0.15, 0.2) is 53.4 Å². The van der Waals surface area contributed by atoms with E-state index in [0.29, 0.717) is 12.0 Å². The Hall–Kier alpha value is -3.44. The van der Waals surface area contributed by atoms with Crippen LogP contribution in [-0.4, -0.2) is 50.9 Å². The van der Waals surface area contributed by atoms with Crippen molar-refractivity contribution < 1.29 is 27.5 Å². The molecule has 170 valence electrons. The maximum Gasteiger partial charge on any atom is 0.324 e. The van der Waals surface area contributed by atoms with Crippen molar-refractivity contribution >= 4 is 27.9 Å². The largest absolute Gasteiger partial charge is 0.497 e. The second kappa shape index (κ2) is 9.79. The summed E-state index contributed by atoms with van der Waals surface area (Å²) in [4.78, 5) is 38.0. The van der Waals surface area contributed by atoms with Crippen LogP contribution in [0.25, 0.3) is 0 Å². The molecule has 2 aromatic carbocycles. The van der Waals surface area contributed by atoms with Gasteiger partial charge < -0.3 is 15.4 Å². The number of carbonyl (C=O) groups is 3. The lowest BCUT2D eigenvalue weighted by molar-refractivity contribution is -0.130. The van der Waals surface area contributed by atoms with Crippen molar-refractivity contribution in [2.45, 2.75) is 30.3 Å².